The first-order valence-electron chi connectivity index (χ1n) is 6.64. The van der Waals surface area contributed by atoms with Gasteiger partial charge in [0, 0.05) is 11.7 Å². The van der Waals surface area contributed by atoms with Gasteiger partial charge < -0.3 is 10.1 Å². The molecule has 1 aliphatic rings. The lowest BCUT2D eigenvalue weighted by Crippen LogP contribution is -2.20. The summed E-state index contributed by atoms with van der Waals surface area (Å²) in [6.45, 7) is 3.60. The van der Waals surface area contributed by atoms with Gasteiger partial charge in [-0.05, 0) is 44.5 Å². The van der Waals surface area contributed by atoms with Gasteiger partial charge in [-0.25, -0.2) is 13.2 Å². The molecular weight excluding hydrogens is 278 g/mol. The van der Waals surface area contributed by atoms with Crippen LogP contribution in [0, 0.1) is 0 Å². The Bertz CT molecular complexity index is 578. The van der Waals surface area contributed by atoms with Crippen molar-refractivity contribution in [3.05, 3.63) is 29.8 Å². The van der Waals surface area contributed by atoms with Crippen molar-refractivity contribution in [3.8, 4) is 0 Å². The number of hydrogen-bond donors (Lipinski definition) is 1. The van der Waals surface area contributed by atoms with Crippen molar-refractivity contribution < 1.29 is 17.9 Å². The normalized spacial score (nSPS) is 20.9. The Morgan fingerprint density at radius 3 is 2.45 bits per heavy atom. The number of carbonyl (C=O) groups is 1. The topological polar surface area (TPSA) is 72.5 Å². The quantitative estimate of drug-likeness (QED) is 0.859. The van der Waals surface area contributed by atoms with Crippen molar-refractivity contribution in [1.29, 1.82) is 0 Å². The first-order chi connectivity index (χ1) is 9.35. The van der Waals surface area contributed by atoms with Crippen LogP contribution in [0.2, 0.25) is 0 Å². The van der Waals surface area contributed by atoms with Gasteiger partial charge in [-0.2, -0.15) is 0 Å². The van der Waals surface area contributed by atoms with Gasteiger partial charge in [0.1, 0.15) is 0 Å². The summed E-state index contributed by atoms with van der Waals surface area (Å²) in [5, 5.41) is 3.17. The minimum absolute atomic E-state index is 0.0477. The van der Waals surface area contributed by atoms with Crippen LogP contribution in [0.4, 0.5) is 5.69 Å². The SMILES string of the molecule is CC(C)OC(=O)c1ccc(NC2CCS(=O)(=O)C2)cc1. The van der Waals surface area contributed by atoms with E-state index >= 15 is 0 Å². The van der Waals surface area contributed by atoms with Crippen LogP contribution in [0.5, 0.6) is 0 Å². The summed E-state index contributed by atoms with van der Waals surface area (Å²) >= 11 is 0. The molecule has 0 aliphatic carbocycles. The zero-order chi connectivity index (χ0) is 14.8. The molecule has 5 nitrogen and oxygen atoms in total. The maximum absolute atomic E-state index is 11.7. The Balaban J connectivity index is 1.97. The van der Waals surface area contributed by atoms with Crippen LogP contribution in [0.15, 0.2) is 24.3 Å². The molecule has 0 amide bonds. The van der Waals surface area contributed by atoms with E-state index in [0.29, 0.717) is 12.0 Å². The molecule has 1 fully saturated rings. The lowest BCUT2D eigenvalue weighted by Gasteiger charge is -2.13. The molecular formula is C14H19NO4S. The summed E-state index contributed by atoms with van der Waals surface area (Å²) in [6.07, 6.45) is 0.475. The molecule has 1 aromatic carbocycles. The Kier molecular flexibility index (Phi) is 4.32. The Morgan fingerprint density at radius 1 is 1.30 bits per heavy atom. The summed E-state index contributed by atoms with van der Waals surface area (Å²) in [6, 6.07) is 6.84. The number of benzene rings is 1. The van der Waals surface area contributed by atoms with E-state index in [-0.39, 0.29) is 29.6 Å². The molecule has 1 N–H and O–H groups in total. The van der Waals surface area contributed by atoms with Crippen LogP contribution >= 0.6 is 0 Å². The first kappa shape index (κ1) is 14.8. The highest BCUT2D eigenvalue weighted by Crippen LogP contribution is 2.18. The zero-order valence-electron chi connectivity index (χ0n) is 11.6. The smallest absolute Gasteiger partial charge is 0.338 e. The van der Waals surface area contributed by atoms with Crippen molar-refractivity contribution in [2.75, 3.05) is 16.8 Å². The van der Waals surface area contributed by atoms with E-state index in [4.69, 9.17) is 4.74 Å². The fourth-order valence-corrected chi connectivity index (χ4v) is 3.80. The number of sulfone groups is 1. The van der Waals surface area contributed by atoms with Gasteiger partial charge in [-0.15, -0.1) is 0 Å². The number of rotatable bonds is 4. The van der Waals surface area contributed by atoms with Gasteiger partial charge >= 0.3 is 5.97 Å². The first-order valence-corrected chi connectivity index (χ1v) is 8.46. The molecule has 20 heavy (non-hydrogen) atoms. The molecule has 0 radical (unpaired) electrons. The number of carbonyl (C=O) groups excluding carboxylic acids is 1. The fraction of sp³-hybridized carbons (Fsp3) is 0.500. The predicted octanol–water partition coefficient (Wildman–Crippen LogP) is 1.85. The van der Waals surface area contributed by atoms with Crippen LogP contribution < -0.4 is 5.32 Å². The third kappa shape index (κ3) is 3.96. The van der Waals surface area contributed by atoms with Gasteiger partial charge in [0.25, 0.3) is 0 Å². The number of anilines is 1. The van der Waals surface area contributed by atoms with E-state index < -0.39 is 9.84 Å². The van der Waals surface area contributed by atoms with Gasteiger partial charge in [0.15, 0.2) is 9.84 Å². The van der Waals surface area contributed by atoms with E-state index in [2.05, 4.69) is 5.32 Å². The molecule has 1 aliphatic heterocycles. The standard InChI is InChI=1S/C14H19NO4S/c1-10(2)19-14(16)11-3-5-12(6-4-11)15-13-7-8-20(17,18)9-13/h3-6,10,13,15H,7-9H2,1-2H3. The van der Waals surface area contributed by atoms with E-state index in [1.165, 1.54) is 0 Å². The molecule has 1 saturated heterocycles. The molecule has 0 aromatic heterocycles. The summed E-state index contributed by atoms with van der Waals surface area (Å²) in [4.78, 5) is 11.7. The number of esters is 1. The number of hydrogen-bond acceptors (Lipinski definition) is 5. The van der Waals surface area contributed by atoms with Crippen molar-refractivity contribution in [2.24, 2.45) is 0 Å². The molecule has 2 rings (SSSR count). The van der Waals surface area contributed by atoms with Crippen LogP contribution in [0.3, 0.4) is 0 Å². The third-order valence-corrected chi connectivity index (χ3v) is 4.83. The zero-order valence-corrected chi connectivity index (χ0v) is 12.4. The maximum atomic E-state index is 11.7. The van der Waals surface area contributed by atoms with E-state index in [9.17, 15) is 13.2 Å². The highest BCUT2D eigenvalue weighted by molar-refractivity contribution is 7.91. The largest absolute Gasteiger partial charge is 0.459 e. The maximum Gasteiger partial charge on any atom is 0.338 e. The highest BCUT2D eigenvalue weighted by Gasteiger charge is 2.27. The van der Waals surface area contributed by atoms with Crippen LogP contribution in [0.1, 0.15) is 30.6 Å². The van der Waals surface area contributed by atoms with Gasteiger partial charge in [0.05, 0.1) is 23.2 Å². The van der Waals surface area contributed by atoms with Crippen molar-refractivity contribution in [2.45, 2.75) is 32.4 Å². The second kappa shape index (κ2) is 5.83. The van der Waals surface area contributed by atoms with Crippen LogP contribution in [0.25, 0.3) is 0 Å². The third-order valence-electron chi connectivity index (χ3n) is 3.07. The van der Waals surface area contributed by atoms with Crippen LogP contribution in [-0.4, -0.2) is 38.0 Å². The summed E-state index contributed by atoms with van der Waals surface area (Å²) in [5.41, 5.74) is 1.30. The summed E-state index contributed by atoms with van der Waals surface area (Å²) in [7, 11) is -2.89. The molecule has 0 bridgehead atoms. The monoisotopic (exact) mass is 297 g/mol. The molecule has 1 atom stereocenters. The van der Waals surface area contributed by atoms with E-state index in [1.807, 2.05) is 0 Å². The van der Waals surface area contributed by atoms with Crippen LogP contribution in [-0.2, 0) is 14.6 Å². The molecule has 6 heteroatoms. The second-order valence-corrected chi connectivity index (χ2v) is 7.50. The van der Waals surface area contributed by atoms with Crippen molar-refractivity contribution in [3.63, 3.8) is 0 Å². The highest BCUT2D eigenvalue weighted by atomic mass is 32.2. The molecule has 1 aromatic rings. The van der Waals surface area contributed by atoms with Crippen molar-refractivity contribution >= 4 is 21.5 Å². The Labute approximate surface area is 119 Å². The minimum Gasteiger partial charge on any atom is -0.459 e. The second-order valence-electron chi connectivity index (χ2n) is 5.28. The number of nitrogens with one attached hydrogen (secondary N) is 1. The molecule has 110 valence electrons. The Hall–Kier alpha value is -1.56. The fourth-order valence-electron chi connectivity index (χ4n) is 2.13. The molecule has 0 spiro atoms. The lowest BCUT2D eigenvalue weighted by atomic mass is 10.2. The van der Waals surface area contributed by atoms with Crippen molar-refractivity contribution in [1.82, 2.24) is 0 Å². The van der Waals surface area contributed by atoms with E-state index in [1.54, 1.807) is 38.1 Å². The minimum atomic E-state index is -2.89. The average Bonchev–Trinajstić information content (AvgIpc) is 2.68. The Morgan fingerprint density at radius 2 is 1.95 bits per heavy atom. The molecule has 0 saturated carbocycles. The molecule has 1 heterocycles. The summed E-state index contributed by atoms with van der Waals surface area (Å²) < 4.78 is 27.9. The lowest BCUT2D eigenvalue weighted by molar-refractivity contribution is 0.0378. The summed E-state index contributed by atoms with van der Waals surface area (Å²) in [5.74, 6) is 0.0585. The van der Waals surface area contributed by atoms with E-state index in [0.717, 1.165) is 5.69 Å². The van der Waals surface area contributed by atoms with Gasteiger partial charge in [0.2, 0.25) is 0 Å². The number of ether oxygens (including phenoxy) is 1. The predicted molar refractivity (Wildman–Crippen MR) is 77.7 cm³/mol. The van der Waals surface area contributed by atoms with Gasteiger partial charge in [-0.1, -0.05) is 0 Å². The average molecular weight is 297 g/mol. The van der Waals surface area contributed by atoms with Gasteiger partial charge in [-0.3, -0.25) is 0 Å². The molecule has 1 unspecified atom stereocenters.